The summed E-state index contributed by atoms with van der Waals surface area (Å²) in [6.45, 7) is 4.22. The molecule has 0 atom stereocenters. The Hall–Kier alpha value is -2.14. The van der Waals surface area contributed by atoms with E-state index in [0.717, 1.165) is 36.8 Å². The molecule has 0 heterocycles. The van der Waals surface area contributed by atoms with Crippen molar-refractivity contribution in [1.82, 2.24) is 0 Å². The van der Waals surface area contributed by atoms with Gasteiger partial charge in [-0.2, -0.15) is 0 Å². The van der Waals surface area contributed by atoms with E-state index in [1.807, 2.05) is 31.2 Å². The van der Waals surface area contributed by atoms with Crippen LogP contribution in [0.25, 0.3) is 0 Å². The molecule has 0 saturated heterocycles. The minimum absolute atomic E-state index is 0.126. The first kappa shape index (κ1) is 16.7. The summed E-state index contributed by atoms with van der Waals surface area (Å²) in [7, 11) is 0. The number of rotatable bonds is 1. The Morgan fingerprint density at radius 1 is 0.833 bits per heavy atom. The number of aryl methyl sites for hydroxylation is 1. The molecule has 0 bridgehead atoms. The number of hydrogen-bond acceptors (Lipinski definition) is 0. The minimum Gasteiger partial charge on any atom is -0.203 e. The van der Waals surface area contributed by atoms with Crippen molar-refractivity contribution < 1.29 is 8.78 Å². The Balaban J connectivity index is 1.84. The fourth-order valence-corrected chi connectivity index (χ4v) is 3.32. The lowest BCUT2D eigenvalue weighted by Gasteiger charge is -2.26. The number of hydrogen-bond donors (Lipinski definition) is 0. The van der Waals surface area contributed by atoms with E-state index in [2.05, 4.69) is 18.8 Å². The monoisotopic (exact) mass is 324 g/mol. The van der Waals surface area contributed by atoms with Crippen molar-refractivity contribution in [2.45, 2.75) is 45.4 Å². The quantitative estimate of drug-likeness (QED) is 0.567. The standard InChI is InChI=1S/C22H22F2/c1-15-3-7-17(8-4-15)9-12-19-13-14-20(22(24)21(19)23)18-10-5-16(2)6-11-18/h3-4,7-8,13-14,16,18H,5-6,10-11H2,1-2H3. The topological polar surface area (TPSA) is 0 Å². The Morgan fingerprint density at radius 3 is 2.17 bits per heavy atom. The predicted octanol–water partition coefficient (Wildman–Crippen LogP) is 5.97. The van der Waals surface area contributed by atoms with Crippen molar-refractivity contribution in [3.05, 3.63) is 70.3 Å². The maximum Gasteiger partial charge on any atom is 0.174 e. The summed E-state index contributed by atoms with van der Waals surface area (Å²) in [6.07, 6.45) is 4.04. The predicted molar refractivity (Wildman–Crippen MR) is 93.9 cm³/mol. The van der Waals surface area contributed by atoms with Crippen LogP contribution in [0, 0.1) is 36.3 Å². The molecule has 3 rings (SSSR count). The van der Waals surface area contributed by atoms with Gasteiger partial charge in [-0.25, -0.2) is 8.78 Å². The van der Waals surface area contributed by atoms with Crippen LogP contribution < -0.4 is 0 Å². The molecule has 0 aromatic heterocycles. The normalized spacial score (nSPS) is 20.3. The minimum atomic E-state index is -0.814. The highest BCUT2D eigenvalue weighted by molar-refractivity contribution is 5.45. The van der Waals surface area contributed by atoms with Gasteiger partial charge in [-0.3, -0.25) is 0 Å². The third-order valence-corrected chi connectivity index (χ3v) is 4.96. The summed E-state index contributed by atoms with van der Waals surface area (Å²) in [5, 5.41) is 0. The Bertz CT molecular complexity index is 770. The summed E-state index contributed by atoms with van der Waals surface area (Å²) in [5.41, 5.74) is 2.58. The summed E-state index contributed by atoms with van der Waals surface area (Å²) >= 11 is 0. The molecule has 1 aliphatic carbocycles. The van der Waals surface area contributed by atoms with E-state index < -0.39 is 11.6 Å². The van der Waals surface area contributed by atoms with E-state index in [-0.39, 0.29) is 11.5 Å². The van der Waals surface area contributed by atoms with E-state index in [9.17, 15) is 8.78 Å². The highest BCUT2D eigenvalue weighted by Crippen LogP contribution is 2.37. The van der Waals surface area contributed by atoms with Crippen molar-refractivity contribution in [3.63, 3.8) is 0 Å². The molecule has 0 aliphatic heterocycles. The highest BCUT2D eigenvalue weighted by atomic mass is 19.2. The molecule has 0 radical (unpaired) electrons. The molecular formula is C22H22F2. The van der Waals surface area contributed by atoms with Gasteiger partial charge in [0.15, 0.2) is 11.6 Å². The lowest BCUT2D eigenvalue weighted by Crippen LogP contribution is -2.13. The first-order valence-electron chi connectivity index (χ1n) is 8.61. The Labute approximate surface area is 142 Å². The summed E-state index contributed by atoms with van der Waals surface area (Å²) < 4.78 is 28.9. The first-order chi connectivity index (χ1) is 11.5. The van der Waals surface area contributed by atoms with Gasteiger partial charge in [0.05, 0.1) is 5.56 Å². The third-order valence-electron chi connectivity index (χ3n) is 4.96. The first-order valence-corrected chi connectivity index (χ1v) is 8.61. The largest absolute Gasteiger partial charge is 0.203 e. The Kier molecular flexibility index (Phi) is 5.00. The number of benzene rings is 2. The van der Waals surface area contributed by atoms with Crippen molar-refractivity contribution in [1.29, 1.82) is 0 Å². The zero-order valence-corrected chi connectivity index (χ0v) is 14.2. The molecule has 24 heavy (non-hydrogen) atoms. The molecule has 2 aromatic carbocycles. The molecule has 0 spiro atoms. The average molecular weight is 324 g/mol. The second-order valence-electron chi connectivity index (χ2n) is 6.90. The fraction of sp³-hybridized carbons (Fsp3) is 0.364. The molecule has 2 heteroatoms. The third kappa shape index (κ3) is 3.67. The van der Waals surface area contributed by atoms with Gasteiger partial charge >= 0.3 is 0 Å². The highest BCUT2D eigenvalue weighted by Gasteiger charge is 2.24. The van der Waals surface area contributed by atoms with E-state index in [1.165, 1.54) is 0 Å². The SMILES string of the molecule is Cc1ccc(C#Cc2ccc(C3CCC(C)CC3)c(F)c2F)cc1. The molecule has 124 valence electrons. The zero-order chi connectivity index (χ0) is 17.1. The van der Waals surface area contributed by atoms with Gasteiger partial charge in [-0.1, -0.05) is 55.4 Å². The van der Waals surface area contributed by atoms with Crippen LogP contribution in [0.1, 0.15) is 60.8 Å². The lowest BCUT2D eigenvalue weighted by atomic mass is 9.79. The van der Waals surface area contributed by atoms with Gasteiger partial charge in [0.1, 0.15) is 0 Å². The van der Waals surface area contributed by atoms with Crippen LogP contribution in [0.15, 0.2) is 36.4 Å². The van der Waals surface area contributed by atoms with E-state index in [1.54, 1.807) is 12.1 Å². The van der Waals surface area contributed by atoms with Gasteiger partial charge in [0.2, 0.25) is 0 Å². The van der Waals surface area contributed by atoms with Crippen LogP contribution in [0.5, 0.6) is 0 Å². The summed E-state index contributed by atoms with van der Waals surface area (Å²) in [4.78, 5) is 0. The van der Waals surface area contributed by atoms with Crippen molar-refractivity contribution in [3.8, 4) is 11.8 Å². The molecule has 0 amide bonds. The number of halogens is 2. The van der Waals surface area contributed by atoms with E-state index in [4.69, 9.17) is 0 Å². The molecule has 0 nitrogen and oxygen atoms in total. The van der Waals surface area contributed by atoms with Gasteiger partial charge in [0, 0.05) is 5.56 Å². The maximum absolute atomic E-state index is 14.5. The summed E-state index contributed by atoms with van der Waals surface area (Å²) in [5.74, 6) is 4.96. The van der Waals surface area contributed by atoms with Gasteiger partial charge < -0.3 is 0 Å². The van der Waals surface area contributed by atoms with Crippen LogP contribution in [-0.4, -0.2) is 0 Å². The van der Waals surface area contributed by atoms with Gasteiger partial charge in [-0.15, -0.1) is 0 Å². The van der Waals surface area contributed by atoms with E-state index in [0.29, 0.717) is 11.5 Å². The van der Waals surface area contributed by atoms with Crippen molar-refractivity contribution in [2.24, 2.45) is 5.92 Å². The molecule has 0 unspecified atom stereocenters. The fourth-order valence-electron chi connectivity index (χ4n) is 3.32. The molecule has 2 aromatic rings. The van der Waals surface area contributed by atoms with Crippen LogP contribution in [-0.2, 0) is 0 Å². The van der Waals surface area contributed by atoms with Crippen molar-refractivity contribution >= 4 is 0 Å². The molecule has 1 saturated carbocycles. The van der Waals surface area contributed by atoms with Gasteiger partial charge in [0.25, 0.3) is 0 Å². The van der Waals surface area contributed by atoms with Crippen molar-refractivity contribution in [2.75, 3.05) is 0 Å². The van der Waals surface area contributed by atoms with Gasteiger partial charge in [-0.05, 0) is 55.4 Å². The van der Waals surface area contributed by atoms with E-state index >= 15 is 0 Å². The smallest absolute Gasteiger partial charge is 0.174 e. The molecular weight excluding hydrogens is 302 g/mol. The summed E-state index contributed by atoms with van der Waals surface area (Å²) in [6, 6.07) is 11.0. The second-order valence-corrected chi connectivity index (χ2v) is 6.90. The molecule has 0 N–H and O–H groups in total. The van der Waals surface area contributed by atoms with Crippen LogP contribution in [0.3, 0.4) is 0 Å². The zero-order valence-electron chi connectivity index (χ0n) is 14.2. The molecule has 1 aliphatic rings. The maximum atomic E-state index is 14.5. The van der Waals surface area contributed by atoms with Crippen LogP contribution in [0.4, 0.5) is 8.78 Å². The second kappa shape index (κ2) is 7.18. The van der Waals surface area contributed by atoms with Crippen LogP contribution >= 0.6 is 0 Å². The van der Waals surface area contributed by atoms with Crippen LogP contribution in [0.2, 0.25) is 0 Å². The lowest BCUT2D eigenvalue weighted by molar-refractivity contribution is 0.339. The molecule has 1 fully saturated rings. The Morgan fingerprint density at radius 2 is 1.50 bits per heavy atom. The average Bonchev–Trinajstić information content (AvgIpc) is 2.59.